The summed E-state index contributed by atoms with van der Waals surface area (Å²) in [7, 11) is 0. The summed E-state index contributed by atoms with van der Waals surface area (Å²) in [6, 6.07) is -0.620. The zero-order valence-corrected chi connectivity index (χ0v) is 7.53. The predicted molar refractivity (Wildman–Crippen MR) is 45.4 cm³/mol. The number of alkyl halides is 2. The van der Waals surface area contributed by atoms with Crippen molar-refractivity contribution in [2.75, 3.05) is 19.7 Å². The van der Waals surface area contributed by atoms with Crippen LogP contribution in [0.4, 0.5) is 8.78 Å². The van der Waals surface area contributed by atoms with E-state index in [-0.39, 0.29) is 25.4 Å². The highest BCUT2D eigenvalue weighted by atomic mass is 19.3. The molecule has 1 heterocycles. The Kier molecular flexibility index (Phi) is 3.22. The van der Waals surface area contributed by atoms with Crippen LogP contribution in [-0.2, 0) is 0 Å². The van der Waals surface area contributed by atoms with E-state index in [1.54, 1.807) is 0 Å². The number of halogens is 2. The second-order valence-corrected chi connectivity index (χ2v) is 3.39. The van der Waals surface area contributed by atoms with E-state index in [9.17, 15) is 8.78 Å². The smallest absolute Gasteiger partial charge is 0.262 e. The maximum Gasteiger partial charge on any atom is 0.262 e. The minimum atomic E-state index is -2.80. The molecular formula is C7H13F2N3O2. The lowest BCUT2D eigenvalue weighted by atomic mass is 10.2. The van der Waals surface area contributed by atoms with Gasteiger partial charge in [-0.2, -0.15) is 0 Å². The van der Waals surface area contributed by atoms with Crippen LogP contribution in [0.1, 0.15) is 6.42 Å². The van der Waals surface area contributed by atoms with E-state index in [0.29, 0.717) is 0 Å². The number of hydrogen-bond donors (Lipinski definition) is 3. The lowest BCUT2D eigenvalue weighted by Gasteiger charge is -2.20. The first kappa shape index (κ1) is 11.1. The van der Waals surface area contributed by atoms with Crippen molar-refractivity contribution >= 4 is 5.84 Å². The predicted octanol–water partition coefficient (Wildman–Crippen LogP) is -0.565. The third-order valence-electron chi connectivity index (χ3n) is 2.19. The zero-order valence-electron chi connectivity index (χ0n) is 7.53. The van der Waals surface area contributed by atoms with Crippen molar-refractivity contribution in [1.82, 2.24) is 4.90 Å². The number of hydrogen-bond acceptors (Lipinski definition) is 4. The summed E-state index contributed by atoms with van der Waals surface area (Å²) < 4.78 is 25.8. The van der Waals surface area contributed by atoms with Gasteiger partial charge in [0.1, 0.15) is 0 Å². The lowest BCUT2D eigenvalue weighted by Crippen LogP contribution is -2.39. The molecule has 0 radical (unpaired) electrons. The third-order valence-corrected chi connectivity index (χ3v) is 2.19. The molecule has 14 heavy (non-hydrogen) atoms. The quantitative estimate of drug-likeness (QED) is 0.252. The van der Waals surface area contributed by atoms with Gasteiger partial charge in [-0.25, -0.2) is 8.78 Å². The van der Waals surface area contributed by atoms with Crippen molar-refractivity contribution in [3.63, 3.8) is 0 Å². The summed E-state index contributed by atoms with van der Waals surface area (Å²) in [4.78, 5) is 1.30. The molecule has 0 saturated carbocycles. The van der Waals surface area contributed by atoms with E-state index in [1.807, 2.05) is 0 Å². The highest BCUT2D eigenvalue weighted by molar-refractivity contribution is 5.81. The largest absolute Gasteiger partial charge is 0.409 e. The molecule has 0 aromatic carbocycles. The number of nitrogens with two attached hydrogens (primary N) is 1. The topological polar surface area (TPSA) is 82.1 Å². The van der Waals surface area contributed by atoms with Gasteiger partial charge >= 0.3 is 0 Å². The van der Waals surface area contributed by atoms with Crippen molar-refractivity contribution in [3.05, 3.63) is 0 Å². The minimum Gasteiger partial charge on any atom is -0.409 e. The van der Waals surface area contributed by atoms with Crippen LogP contribution in [0.3, 0.4) is 0 Å². The van der Waals surface area contributed by atoms with Crippen molar-refractivity contribution in [3.8, 4) is 0 Å². The van der Waals surface area contributed by atoms with Crippen LogP contribution in [-0.4, -0.2) is 52.7 Å². The summed E-state index contributed by atoms with van der Waals surface area (Å²) in [6.45, 7) is -0.875. The number of likely N-dealkylation sites (tertiary alicyclic amines) is 1. The van der Waals surface area contributed by atoms with E-state index >= 15 is 0 Å². The Morgan fingerprint density at radius 2 is 2.29 bits per heavy atom. The van der Waals surface area contributed by atoms with Crippen LogP contribution in [0.15, 0.2) is 5.16 Å². The summed E-state index contributed by atoms with van der Waals surface area (Å²) >= 11 is 0. The standard InChI is InChI=1S/C7H13F2N3O2/c8-7(9)1-5(3-13)12(4-7)2-6(10)11-14/h5,13-14H,1-4H2,(H2,10,11)/t5-/m1/s1. The summed E-state index contributed by atoms with van der Waals surface area (Å²) in [5, 5.41) is 19.8. The fraction of sp³-hybridized carbons (Fsp3) is 0.857. The molecule has 82 valence electrons. The van der Waals surface area contributed by atoms with Gasteiger partial charge in [0, 0.05) is 12.5 Å². The van der Waals surface area contributed by atoms with Crippen LogP contribution in [0.5, 0.6) is 0 Å². The fourth-order valence-corrected chi connectivity index (χ4v) is 1.57. The van der Waals surface area contributed by atoms with E-state index in [1.165, 1.54) is 4.90 Å². The number of oxime groups is 1. The normalized spacial score (nSPS) is 28.2. The molecule has 1 atom stereocenters. The second kappa shape index (κ2) is 4.05. The Hall–Kier alpha value is -0.950. The first-order valence-corrected chi connectivity index (χ1v) is 4.17. The molecular weight excluding hydrogens is 196 g/mol. The molecule has 5 nitrogen and oxygen atoms in total. The molecule has 0 amide bonds. The lowest BCUT2D eigenvalue weighted by molar-refractivity contribution is 0.0128. The molecule has 0 unspecified atom stereocenters. The van der Waals surface area contributed by atoms with E-state index in [2.05, 4.69) is 5.16 Å². The van der Waals surface area contributed by atoms with Crippen molar-refractivity contribution in [2.24, 2.45) is 10.9 Å². The Morgan fingerprint density at radius 1 is 1.64 bits per heavy atom. The first-order valence-electron chi connectivity index (χ1n) is 4.17. The highest BCUT2D eigenvalue weighted by Gasteiger charge is 2.44. The van der Waals surface area contributed by atoms with E-state index in [4.69, 9.17) is 16.0 Å². The molecule has 4 N–H and O–H groups in total. The van der Waals surface area contributed by atoms with Gasteiger partial charge in [0.2, 0.25) is 0 Å². The van der Waals surface area contributed by atoms with Crippen molar-refractivity contribution in [1.29, 1.82) is 0 Å². The Labute approximate surface area is 79.8 Å². The van der Waals surface area contributed by atoms with Crippen LogP contribution >= 0.6 is 0 Å². The Balaban J connectivity index is 2.60. The number of aliphatic hydroxyl groups excluding tert-OH is 1. The maximum absolute atomic E-state index is 12.9. The highest BCUT2D eigenvalue weighted by Crippen LogP contribution is 2.31. The molecule has 1 saturated heterocycles. The number of rotatable bonds is 3. The number of aliphatic hydroxyl groups is 1. The van der Waals surface area contributed by atoms with Crippen LogP contribution in [0.2, 0.25) is 0 Å². The summed E-state index contributed by atoms with van der Waals surface area (Å²) in [6.07, 6.45) is -0.387. The average Bonchev–Trinajstić information content (AvgIpc) is 2.40. The van der Waals surface area contributed by atoms with Crippen LogP contribution < -0.4 is 5.73 Å². The molecule has 0 aromatic heterocycles. The Bertz CT molecular complexity index is 235. The molecule has 0 aromatic rings. The molecule has 1 fully saturated rings. The zero-order chi connectivity index (χ0) is 10.8. The maximum atomic E-state index is 12.9. The van der Waals surface area contributed by atoms with Gasteiger partial charge in [0.05, 0.1) is 19.7 Å². The summed E-state index contributed by atoms with van der Waals surface area (Å²) in [5.41, 5.74) is 5.19. The van der Waals surface area contributed by atoms with Gasteiger partial charge in [0.25, 0.3) is 5.92 Å². The third kappa shape index (κ3) is 2.52. The van der Waals surface area contributed by atoms with Gasteiger partial charge in [0.15, 0.2) is 5.84 Å². The molecule has 1 aliphatic rings. The fourth-order valence-electron chi connectivity index (χ4n) is 1.57. The minimum absolute atomic E-state index is 0.0582. The number of nitrogens with zero attached hydrogens (tertiary/aromatic N) is 2. The van der Waals surface area contributed by atoms with Crippen molar-refractivity contribution < 1.29 is 19.1 Å². The molecule has 7 heteroatoms. The monoisotopic (exact) mass is 209 g/mol. The Morgan fingerprint density at radius 3 is 2.79 bits per heavy atom. The number of amidine groups is 1. The SMILES string of the molecule is NC(CN1CC(F)(F)C[C@@H]1CO)=NO. The molecule has 0 bridgehead atoms. The molecule has 0 spiro atoms. The van der Waals surface area contributed by atoms with Gasteiger partial charge in [-0.05, 0) is 0 Å². The average molecular weight is 209 g/mol. The van der Waals surface area contributed by atoms with E-state index < -0.39 is 18.5 Å². The van der Waals surface area contributed by atoms with Gasteiger partial charge in [-0.1, -0.05) is 5.16 Å². The van der Waals surface area contributed by atoms with Gasteiger partial charge < -0.3 is 16.0 Å². The van der Waals surface area contributed by atoms with E-state index in [0.717, 1.165) is 0 Å². The van der Waals surface area contributed by atoms with Crippen LogP contribution in [0, 0.1) is 0 Å². The molecule has 0 aliphatic carbocycles. The first-order chi connectivity index (χ1) is 6.48. The van der Waals surface area contributed by atoms with Gasteiger partial charge in [-0.3, -0.25) is 4.90 Å². The van der Waals surface area contributed by atoms with Gasteiger partial charge in [-0.15, -0.1) is 0 Å². The van der Waals surface area contributed by atoms with Crippen LogP contribution in [0.25, 0.3) is 0 Å². The second-order valence-electron chi connectivity index (χ2n) is 3.39. The summed E-state index contributed by atoms with van der Waals surface area (Å²) in [5.74, 6) is -2.94. The van der Waals surface area contributed by atoms with Crippen molar-refractivity contribution in [2.45, 2.75) is 18.4 Å². The molecule has 1 rings (SSSR count). The molecule has 1 aliphatic heterocycles.